The fourth-order valence-electron chi connectivity index (χ4n) is 1.96. The third-order valence-electron chi connectivity index (χ3n) is 3.38. The van der Waals surface area contributed by atoms with Crippen LogP contribution in [0.1, 0.15) is 18.4 Å². The van der Waals surface area contributed by atoms with Crippen LogP contribution < -0.4 is 10.5 Å². The summed E-state index contributed by atoms with van der Waals surface area (Å²) < 4.78 is 5.23. The number of nitrogens with two attached hydrogens (primary N) is 1. The molecule has 2 N–H and O–H groups in total. The summed E-state index contributed by atoms with van der Waals surface area (Å²) in [6.07, 6.45) is 2.32. The number of hydrogen-bond acceptors (Lipinski definition) is 3. The lowest BCUT2D eigenvalue weighted by Crippen LogP contribution is -2.26. The Bertz CT molecular complexity index is 397. The van der Waals surface area contributed by atoms with Crippen molar-refractivity contribution >= 4 is 5.78 Å². The van der Waals surface area contributed by atoms with E-state index in [0.29, 0.717) is 13.0 Å². The van der Waals surface area contributed by atoms with Crippen molar-refractivity contribution in [3.8, 4) is 5.75 Å². The van der Waals surface area contributed by atoms with Gasteiger partial charge in [0, 0.05) is 23.9 Å². The van der Waals surface area contributed by atoms with Gasteiger partial charge in [0.15, 0.2) is 0 Å². The summed E-state index contributed by atoms with van der Waals surface area (Å²) >= 11 is 0. The van der Waals surface area contributed by atoms with Crippen LogP contribution in [-0.2, 0) is 11.2 Å². The van der Waals surface area contributed by atoms with Crippen LogP contribution in [0.2, 0.25) is 0 Å². The van der Waals surface area contributed by atoms with E-state index in [1.165, 1.54) is 0 Å². The Morgan fingerprint density at radius 3 is 2.69 bits per heavy atom. The Morgan fingerprint density at radius 1 is 1.44 bits per heavy atom. The van der Waals surface area contributed by atoms with Gasteiger partial charge in [-0.2, -0.15) is 0 Å². The van der Waals surface area contributed by atoms with E-state index < -0.39 is 0 Å². The van der Waals surface area contributed by atoms with Crippen molar-refractivity contribution in [3.05, 3.63) is 29.8 Å². The number of benzene rings is 1. The number of rotatable bonds is 5. The molecule has 0 radical (unpaired) electrons. The van der Waals surface area contributed by atoms with Crippen LogP contribution in [0.15, 0.2) is 24.3 Å². The zero-order valence-corrected chi connectivity index (χ0v) is 9.53. The number of ether oxygens (including phenoxy) is 1. The minimum Gasteiger partial charge on any atom is -0.496 e. The summed E-state index contributed by atoms with van der Waals surface area (Å²) in [5, 5.41) is 0. The average molecular weight is 219 g/mol. The first-order chi connectivity index (χ1) is 7.72. The van der Waals surface area contributed by atoms with Crippen molar-refractivity contribution in [1.29, 1.82) is 0 Å². The molecule has 0 bridgehead atoms. The second-order valence-electron chi connectivity index (χ2n) is 4.40. The summed E-state index contributed by atoms with van der Waals surface area (Å²) in [6.45, 7) is 0.473. The van der Waals surface area contributed by atoms with Gasteiger partial charge < -0.3 is 10.5 Å². The second-order valence-corrected chi connectivity index (χ2v) is 4.40. The van der Waals surface area contributed by atoms with Crippen LogP contribution in [-0.4, -0.2) is 19.4 Å². The Hall–Kier alpha value is -1.35. The third-order valence-corrected chi connectivity index (χ3v) is 3.38. The zero-order chi connectivity index (χ0) is 11.6. The Balaban J connectivity index is 2.12. The molecule has 16 heavy (non-hydrogen) atoms. The lowest BCUT2D eigenvalue weighted by atomic mass is 9.95. The van der Waals surface area contributed by atoms with Crippen molar-refractivity contribution in [1.82, 2.24) is 0 Å². The monoisotopic (exact) mass is 219 g/mol. The molecule has 1 aromatic carbocycles. The van der Waals surface area contributed by atoms with Gasteiger partial charge in [-0.3, -0.25) is 4.79 Å². The topological polar surface area (TPSA) is 52.3 Å². The van der Waals surface area contributed by atoms with Gasteiger partial charge in [0.05, 0.1) is 7.11 Å². The lowest BCUT2D eigenvalue weighted by Gasteiger charge is -2.12. The molecule has 1 aliphatic carbocycles. The SMILES string of the molecule is COc1ccccc1CC(=O)C1(CN)CC1. The zero-order valence-electron chi connectivity index (χ0n) is 9.53. The van der Waals surface area contributed by atoms with Gasteiger partial charge in [-0.15, -0.1) is 0 Å². The predicted molar refractivity (Wildman–Crippen MR) is 62.4 cm³/mol. The molecule has 1 aromatic rings. The first-order valence-corrected chi connectivity index (χ1v) is 5.57. The molecule has 0 unspecified atom stereocenters. The number of para-hydroxylation sites is 1. The Labute approximate surface area is 95.6 Å². The molecule has 3 heteroatoms. The summed E-state index contributed by atoms with van der Waals surface area (Å²) in [7, 11) is 1.62. The molecule has 3 nitrogen and oxygen atoms in total. The quantitative estimate of drug-likeness (QED) is 0.817. The largest absolute Gasteiger partial charge is 0.496 e. The third kappa shape index (κ3) is 1.95. The number of carbonyl (C=O) groups excluding carboxylic acids is 1. The number of methoxy groups -OCH3 is 1. The summed E-state index contributed by atoms with van der Waals surface area (Å²) in [5.41, 5.74) is 6.37. The lowest BCUT2D eigenvalue weighted by molar-refractivity contribution is -0.123. The minimum absolute atomic E-state index is 0.221. The van der Waals surface area contributed by atoms with E-state index in [0.717, 1.165) is 24.2 Å². The summed E-state index contributed by atoms with van der Waals surface area (Å²) in [6, 6.07) is 7.64. The molecule has 86 valence electrons. The van der Waals surface area contributed by atoms with Crippen LogP contribution in [0.5, 0.6) is 5.75 Å². The highest BCUT2D eigenvalue weighted by molar-refractivity contribution is 5.89. The van der Waals surface area contributed by atoms with Crippen molar-refractivity contribution in [3.63, 3.8) is 0 Å². The molecule has 0 saturated heterocycles. The summed E-state index contributed by atoms with van der Waals surface area (Å²) in [4.78, 5) is 12.1. The highest BCUT2D eigenvalue weighted by atomic mass is 16.5. The molecule has 0 amide bonds. The maximum atomic E-state index is 12.1. The molecule has 0 atom stereocenters. The van der Waals surface area contributed by atoms with Gasteiger partial charge in [0.25, 0.3) is 0 Å². The van der Waals surface area contributed by atoms with Gasteiger partial charge in [0.2, 0.25) is 0 Å². The van der Waals surface area contributed by atoms with E-state index in [4.69, 9.17) is 10.5 Å². The number of ketones is 1. The van der Waals surface area contributed by atoms with Crippen molar-refractivity contribution in [2.75, 3.05) is 13.7 Å². The fraction of sp³-hybridized carbons (Fsp3) is 0.462. The maximum absolute atomic E-state index is 12.1. The van der Waals surface area contributed by atoms with Gasteiger partial charge in [-0.05, 0) is 18.9 Å². The van der Waals surface area contributed by atoms with Gasteiger partial charge in [-0.25, -0.2) is 0 Å². The highest BCUT2D eigenvalue weighted by Gasteiger charge is 2.47. The van der Waals surface area contributed by atoms with E-state index in [-0.39, 0.29) is 11.2 Å². The minimum atomic E-state index is -0.221. The smallest absolute Gasteiger partial charge is 0.144 e. The normalized spacial score (nSPS) is 16.9. The molecule has 0 spiro atoms. The molecule has 0 heterocycles. The van der Waals surface area contributed by atoms with E-state index in [9.17, 15) is 4.79 Å². The van der Waals surface area contributed by atoms with Crippen LogP contribution in [0.4, 0.5) is 0 Å². The molecule has 1 aliphatic rings. The fourth-order valence-corrected chi connectivity index (χ4v) is 1.96. The van der Waals surface area contributed by atoms with E-state index >= 15 is 0 Å². The Kier molecular flexibility index (Phi) is 2.97. The van der Waals surface area contributed by atoms with Crippen LogP contribution in [0.25, 0.3) is 0 Å². The molecular weight excluding hydrogens is 202 g/mol. The van der Waals surface area contributed by atoms with Crippen molar-refractivity contribution in [2.45, 2.75) is 19.3 Å². The Morgan fingerprint density at radius 2 is 2.12 bits per heavy atom. The molecular formula is C13H17NO2. The predicted octanol–water partition coefficient (Wildman–Crippen LogP) is 1.55. The van der Waals surface area contributed by atoms with Crippen molar-refractivity contribution < 1.29 is 9.53 Å². The van der Waals surface area contributed by atoms with E-state index in [2.05, 4.69) is 0 Å². The number of hydrogen-bond donors (Lipinski definition) is 1. The number of carbonyl (C=O) groups is 1. The van der Waals surface area contributed by atoms with Crippen molar-refractivity contribution in [2.24, 2.45) is 11.1 Å². The van der Waals surface area contributed by atoms with Crippen LogP contribution >= 0.6 is 0 Å². The second kappa shape index (κ2) is 4.26. The standard InChI is InChI=1S/C13H17NO2/c1-16-11-5-3-2-4-10(11)8-12(15)13(9-14)6-7-13/h2-5H,6-9,14H2,1H3. The van der Waals surface area contributed by atoms with Crippen LogP contribution in [0.3, 0.4) is 0 Å². The van der Waals surface area contributed by atoms with Gasteiger partial charge in [0.1, 0.15) is 11.5 Å². The molecule has 1 saturated carbocycles. The van der Waals surface area contributed by atoms with Gasteiger partial charge in [-0.1, -0.05) is 18.2 Å². The molecule has 2 rings (SSSR count). The van der Waals surface area contributed by atoms with Crippen LogP contribution in [0, 0.1) is 5.41 Å². The first kappa shape index (κ1) is 11.1. The van der Waals surface area contributed by atoms with E-state index in [1.54, 1.807) is 7.11 Å². The van der Waals surface area contributed by atoms with E-state index in [1.807, 2.05) is 24.3 Å². The molecule has 0 aromatic heterocycles. The molecule has 1 fully saturated rings. The summed E-state index contributed by atoms with van der Waals surface area (Å²) in [5.74, 6) is 1.03. The average Bonchev–Trinajstić information content (AvgIpc) is 3.10. The first-order valence-electron chi connectivity index (χ1n) is 5.57. The van der Waals surface area contributed by atoms with Gasteiger partial charge >= 0.3 is 0 Å². The highest BCUT2D eigenvalue weighted by Crippen LogP contribution is 2.46. The number of Topliss-reactive ketones (excluding diaryl/α,β-unsaturated/α-hetero) is 1. The molecule has 0 aliphatic heterocycles. The maximum Gasteiger partial charge on any atom is 0.144 e.